The van der Waals surface area contributed by atoms with Gasteiger partial charge in [-0.05, 0) is 33.3 Å². The fourth-order valence-corrected chi connectivity index (χ4v) is 1.63. The number of benzene rings is 1. The van der Waals surface area contributed by atoms with E-state index in [4.69, 9.17) is 4.74 Å². The van der Waals surface area contributed by atoms with Crippen LogP contribution in [0.2, 0.25) is 0 Å². The SMILES string of the molecule is C[C@@H](NCCNC(=O)OC(C)(C)C)c1ccccc1. The predicted molar refractivity (Wildman–Crippen MR) is 77.1 cm³/mol. The summed E-state index contributed by atoms with van der Waals surface area (Å²) in [6, 6.07) is 10.5. The van der Waals surface area contributed by atoms with Gasteiger partial charge in [0.15, 0.2) is 0 Å². The molecule has 0 bridgehead atoms. The topological polar surface area (TPSA) is 50.4 Å². The summed E-state index contributed by atoms with van der Waals surface area (Å²) >= 11 is 0. The third-order valence-electron chi connectivity index (χ3n) is 2.54. The van der Waals surface area contributed by atoms with E-state index >= 15 is 0 Å². The van der Waals surface area contributed by atoms with E-state index in [1.165, 1.54) is 5.56 Å². The van der Waals surface area contributed by atoms with Gasteiger partial charge < -0.3 is 15.4 Å². The van der Waals surface area contributed by atoms with Gasteiger partial charge in [0.25, 0.3) is 0 Å². The van der Waals surface area contributed by atoms with Gasteiger partial charge in [-0.25, -0.2) is 4.79 Å². The van der Waals surface area contributed by atoms with Gasteiger partial charge >= 0.3 is 6.09 Å². The molecule has 0 saturated heterocycles. The Bertz CT molecular complexity index is 385. The lowest BCUT2D eigenvalue weighted by Crippen LogP contribution is -2.36. The van der Waals surface area contributed by atoms with E-state index in [9.17, 15) is 4.79 Å². The highest BCUT2D eigenvalue weighted by atomic mass is 16.6. The molecule has 0 saturated carbocycles. The van der Waals surface area contributed by atoms with Crippen LogP contribution in [0, 0.1) is 0 Å². The second-order valence-corrected chi connectivity index (χ2v) is 5.52. The van der Waals surface area contributed by atoms with Gasteiger partial charge in [-0.3, -0.25) is 0 Å². The maximum Gasteiger partial charge on any atom is 0.407 e. The Morgan fingerprint density at radius 1 is 1.21 bits per heavy atom. The molecule has 106 valence electrons. The van der Waals surface area contributed by atoms with Crippen LogP contribution < -0.4 is 10.6 Å². The number of carbonyl (C=O) groups excluding carboxylic acids is 1. The average molecular weight is 264 g/mol. The molecule has 1 amide bonds. The molecule has 0 heterocycles. The highest BCUT2D eigenvalue weighted by molar-refractivity contribution is 5.67. The quantitative estimate of drug-likeness (QED) is 0.804. The largest absolute Gasteiger partial charge is 0.444 e. The van der Waals surface area contributed by atoms with E-state index in [0.717, 1.165) is 0 Å². The maximum absolute atomic E-state index is 11.4. The molecule has 19 heavy (non-hydrogen) atoms. The number of carbonyl (C=O) groups is 1. The third-order valence-corrected chi connectivity index (χ3v) is 2.54. The first-order valence-corrected chi connectivity index (χ1v) is 6.63. The Morgan fingerprint density at radius 3 is 2.42 bits per heavy atom. The van der Waals surface area contributed by atoms with Crippen LogP contribution in [0.4, 0.5) is 4.79 Å². The molecule has 1 aromatic carbocycles. The monoisotopic (exact) mass is 264 g/mol. The van der Waals surface area contributed by atoms with Crippen LogP contribution in [-0.2, 0) is 4.74 Å². The molecular weight excluding hydrogens is 240 g/mol. The number of rotatable bonds is 5. The average Bonchev–Trinajstić information content (AvgIpc) is 2.33. The Morgan fingerprint density at radius 2 is 1.84 bits per heavy atom. The first kappa shape index (κ1) is 15.5. The fourth-order valence-electron chi connectivity index (χ4n) is 1.63. The zero-order valence-corrected chi connectivity index (χ0v) is 12.2. The molecule has 0 aromatic heterocycles. The van der Waals surface area contributed by atoms with Crippen molar-refractivity contribution < 1.29 is 9.53 Å². The van der Waals surface area contributed by atoms with Crippen molar-refractivity contribution in [3.05, 3.63) is 35.9 Å². The summed E-state index contributed by atoms with van der Waals surface area (Å²) in [5.41, 5.74) is 0.786. The molecule has 4 heteroatoms. The minimum absolute atomic E-state index is 0.265. The number of ether oxygens (including phenoxy) is 1. The Labute approximate surface area is 115 Å². The van der Waals surface area contributed by atoms with Crippen molar-refractivity contribution >= 4 is 6.09 Å². The van der Waals surface area contributed by atoms with Crippen LogP contribution in [0.1, 0.15) is 39.3 Å². The number of alkyl carbamates (subject to hydrolysis) is 1. The molecule has 1 aromatic rings. The summed E-state index contributed by atoms with van der Waals surface area (Å²) < 4.78 is 5.15. The Hall–Kier alpha value is -1.55. The standard InChI is InChI=1S/C15H24N2O2/c1-12(13-8-6-5-7-9-13)16-10-11-17-14(18)19-15(2,3)4/h5-9,12,16H,10-11H2,1-4H3,(H,17,18)/t12-/m1/s1. The van der Waals surface area contributed by atoms with E-state index in [2.05, 4.69) is 29.7 Å². The van der Waals surface area contributed by atoms with Gasteiger partial charge in [0.05, 0.1) is 0 Å². The van der Waals surface area contributed by atoms with Crippen molar-refractivity contribution in [2.45, 2.75) is 39.3 Å². The van der Waals surface area contributed by atoms with Crippen molar-refractivity contribution in [1.29, 1.82) is 0 Å². The smallest absolute Gasteiger partial charge is 0.407 e. The molecule has 0 aliphatic heterocycles. The van der Waals surface area contributed by atoms with Gasteiger partial charge in [-0.15, -0.1) is 0 Å². The molecule has 1 atom stereocenters. The molecule has 0 spiro atoms. The van der Waals surface area contributed by atoms with Crippen LogP contribution in [-0.4, -0.2) is 24.8 Å². The van der Waals surface area contributed by atoms with Gasteiger partial charge in [-0.2, -0.15) is 0 Å². The number of amides is 1. The summed E-state index contributed by atoms with van der Waals surface area (Å²) in [7, 11) is 0. The number of hydrogen-bond acceptors (Lipinski definition) is 3. The van der Waals surface area contributed by atoms with E-state index in [-0.39, 0.29) is 12.1 Å². The van der Waals surface area contributed by atoms with Gasteiger partial charge in [0.2, 0.25) is 0 Å². The second-order valence-electron chi connectivity index (χ2n) is 5.52. The van der Waals surface area contributed by atoms with E-state index in [1.54, 1.807) is 0 Å². The zero-order chi connectivity index (χ0) is 14.3. The lowest BCUT2D eigenvalue weighted by Gasteiger charge is -2.20. The second kappa shape index (κ2) is 7.14. The molecule has 0 aliphatic rings. The molecular formula is C15H24N2O2. The highest BCUT2D eigenvalue weighted by Crippen LogP contribution is 2.10. The van der Waals surface area contributed by atoms with Crippen molar-refractivity contribution in [3.63, 3.8) is 0 Å². The first-order valence-electron chi connectivity index (χ1n) is 6.63. The van der Waals surface area contributed by atoms with E-state index in [1.807, 2.05) is 39.0 Å². The van der Waals surface area contributed by atoms with Crippen LogP contribution in [0.15, 0.2) is 30.3 Å². The molecule has 0 unspecified atom stereocenters. The fraction of sp³-hybridized carbons (Fsp3) is 0.533. The van der Waals surface area contributed by atoms with E-state index in [0.29, 0.717) is 13.1 Å². The van der Waals surface area contributed by atoms with Crippen molar-refractivity contribution in [2.75, 3.05) is 13.1 Å². The normalized spacial score (nSPS) is 12.8. The van der Waals surface area contributed by atoms with Crippen LogP contribution in [0.5, 0.6) is 0 Å². The molecule has 0 fully saturated rings. The maximum atomic E-state index is 11.4. The summed E-state index contributed by atoms with van der Waals surface area (Å²) in [5, 5.41) is 6.07. The summed E-state index contributed by atoms with van der Waals surface area (Å²) in [4.78, 5) is 11.4. The van der Waals surface area contributed by atoms with Gasteiger partial charge in [-0.1, -0.05) is 30.3 Å². The lowest BCUT2D eigenvalue weighted by molar-refractivity contribution is 0.0528. The summed E-state index contributed by atoms with van der Waals surface area (Å²) in [6.07, 6.45) is -0.373. The minimum Gasteiger partial charge on any atom is -0.444 e. The van der Waals surface area contributed by atoms with E-state index < -0.39 is 5.60 Å². The van der Waals surface area contributed by atoms with Gasteiger partial charge in [0, 0.05) is 19.1 Å². The molecule has 0 radical (unpaired) electrons. The Balaban J connectivity index is 2.19. The lowest BCUT2D eigenvalue weighted by atomic mass is 10.1. The molecule has 0 aliphatic carbocycles. The van der Waals surface area contributed by atoms with Crippen molar-refractivity contribution in [1.82, 2.24) is 10.6 Å². The van der Waals surface area contributed by atoms with Crippen LogP contribution in [0.25, 0.3) is 0 Å². The van der Waals surface area contributed by atoms with Crippen molar-refractivity contribution in [2.24, 2.45) is 0 Å². The minimum atomic E-state index is -0.450. The Kier molecular flexibility index (Phi) is 5.83. The third kappa shape index (κ3) is 6.82. The zero-order valence-electron chi connectivity index (χ0n) is 12.2. The molecule has 2 N–H and O–H groups in total. The highest BCUT2D eigenvalue weighted by Gasteiger charge is 2.15. The summed E-state index contributed by atoms with van der Waals surface area (Å²) in [5.74, 6) is 0. The number of nitrogens with one attached hydrogen (secondary N) is 2. The van der Waals surface area contributed by atoms with Gasteiger partial charge in [0.1, 0.15) is 5.60 Å². The van der Waals surface area contributed by atoms with Crippen LogP contribution in [0.3, 0.4) is 0 Å². The summed E-state index contributed by atoms with van der Waals surface area (Å²) in [6.45, 7) is 8.90. The van der Waals surface area contributed by atoms with Crippen molar-refractivity contribution in [3.8, 4) is 0 Å². The molecule has 1 rings (SSSR count). The first-order chi connectivity index (χ1) is 8.88. The molecule has 4 nitrogen and oxygen atoms in total. The van der Waals surface area contributed by atoms with Crippen LogP contribution >= 0.6 is 0 Å². The number of hydrogen-bond donors (Lipinski definition) is 2. The predicted octanol–water partition coefficient (Wildman–Crippen LogP) is 2.86.